The number of benzene rings is 1. The Hall–Kier alpha value is -3.16. The van der Waals surface area contributed by atoms with E-state index in [0.717, 1.165) is 15.9 Å². The van der Waals surface area contributed by atoms with Crippen molar-refractivity contribution in [3.63, 3.8) is 0 Å². The highest BCUT2D eigenvalue weighted by Crippen LogP contribution is 2.19. The number of carbonyl (C=O) groups excluding carboxylic acids is 3. The molecule has 2 N–H and O–H groups in total. The molecule has 1 fully saturated rings. The Balaban J connectivity index is 1.57. The van der Waals surface area contributed by atoms with E-state index in [4.69, 9.17) is 4.42 Å². The summed E-state index contributed by atoms with van der Waals surface area (Å²) in [6, 6.07) is 8.91. The van der Waals surface area contributed by atoms with Gasteiger partial charge in [0.05, 0.1) is 0 Å². The van der Waals surface area contributed by atoms with Crippen molar-refractivity contribution in [1.82, 2.24) is 15.6 Å². The van der Waals surface area contributed by atoms with Crippen molar-refractivity contribution in [1.29, 1.82) is 0 Å². The standard InChI is InChI=1S/C18H20N4O4/c1-11(14-10-12-6-4-5-7-13(12)26-14)20-21-15(23)8-9-22-16(24)18(2,3)19-17(22)25/h4-7,10H,8-9H2,1-3H3,(H,19,25)(H,21,23)/b20-11-. The molecular formula is C18H20N4O4. The van der Waals surface area contributed by atoms with Crippen molar-refractivity contribution >= 4 is 34.5 Å². The van der Waals surface area contributed by atoms with E-state index in [9.17, 15) is 14.4 Å². The van der Waals surface area contributed by atoms with Crippen LogP contribution in [0.2, 0.25) is 0 Å². The second kappa shape index (κ2) is 6.62. The Bertz CT molecular complexity index is 880. The van der Waals surface area contributed by atoms with E-state index in [2.05, 4.69) is 15.8 Å². The number of rotatable bonds is 5. The quantitative estimate of drug-likeness (QED) is 0.486. The summed E-state index contributed by atoms with van der Waals surface area (Å²) in [6.07, 6.45) is -0.0356. The molecule has 1 aromatic carbocycles. The van der Waals surface area contributed by atoms with Gasteiger partial charge in [-0.15, -0.1) is 0 Å². The zero-order valence-electron chi connectivity index (χ0n) is 14.8. The van der Waals surface area contributed by atoms with E-state index in [1.54, 1.807) is 20.8 Å². The molecule has 4 amide bonds. The predicted molar refractivity (Wildman–Crippen MR) is 95.5 cm³/mol. The van der Waals surface area contributed by atoms with E-state index < -0.39 is 17.5 Å². The van der Waals surface area contributed by atoms with Gasteiger partial charge in [0.2, 0.25) is 5.91 Å². The van der Waals surface area contributed by atoms with Crippen LogP contribution >= 0.6 is 0 Å². The van der Waals surface area contributed by atoms with Crippen molar-refractivity contribution in [2.24, 2.45) is 5.10 Å². The number of nitrogens with one attached hydrogen (secondary N) is 2. The summed E-state index contributed by atoms with van der Waals surface area (Å²) in [5, 5.41) is 7.54. The second-order valence-electron chi connectivity index (χ2n) is 6.64. The first-order valence-corrected chi connectivity index (χ1v) is 8.24. The molecule has 1 aliphatic rings. The molecule has 0 aliphatic carbocycles. The van der Waals surface area contributed by atoms with Crippen molar-refractivity contribution in [3.05, 3.63) is 36.1 Å². The molecule has 2 heterocycles. The molecule has 0 bridgehead atoms. The van der Waals surface area contributed by atoms with E-state index >= 15 is 0 Å². The number of hydrogen-bond donors (Lipinski definition) is 2. The number of hydrogen-bond acceptors (Lipinski definition) is 5. The fourth-order valence-corrected chi connectivity index (χ4v) is 2.65. The molecule has 136 valence electrons. The molecule has 2 aromatic rings. The largest absolute Gasteiger partial charge is 0.455 e. The number of carbonyl (C=O) groups is 3. The van der Waals surface area contributed by atoms with Crippen LogP contribution in [0.1, 0.15) is 33.0 Å². The smallest absolute Gasteiger partial charge is 0.325 e. The lowest BCUT2D eigenvalue weighted by Crippen LogP contribution is -2.40. The number of fused-ring (bicyclic) bond motifs is 1. The average Bonchev–Trinajstić information content (AvgIpc) is 3.10. The lowest BCUT2D eigenvalue weighted by molar-refractivity contribution is -0.130. The first-order chi connectivity index (χ1) is 12.3. The van der Waals surface area contributed by atoms with Crippen LogP contribution in [0.5, 0.6) is 0 Å². The van der Waals surface area contributed by atoms with Crippen LogP contribution in [-0.4, -0.2) is 40.5 Å². The summed E-state index contributed by atoms with van der Waals surface area (Å²) >= 11 is 0. The van der Waals surface area contributed by atoms with Crippen LogP contribution in [0, 0.1) is 0 Å². The average molecular weight is 356 g/mol. The molecule has 1 aromatic heterocycles. The summed E-state index contributed by atoms with van der Waals surface area (Å²) in [4.78, 5) is 36.8. The van der Waals surface area contributed by atoms with Gasteiger partial charge in [-0.25, -0.2) is 10.2 Å². The Morgan fingerprint density at radius 3 is 2.69 bits per heavy atom. The van der Waals surface area contributed by atoms with Crippen molar-refractivity contribution in [3.8, 4) is 0 Å². The molecule has 8 heteroatoms. The molecule has 8 nitrogen and oxygen atoms in total. The van der Waals surface area contributed by atoms with E-state index in [1.165, 1.54) is 0 Å². The normalized spacial score (nSPS) is 16.9. The molecule has 0 radical (unpaired) electrons. The van der Waals surface area contributed by atoms with Crippen LogP contribution in [-0.2, 0) is 9.59 Å². The van der Waals surface area contributed by atoms with Crippen LogP contribution in [0.3, 0.4) is 0 Å². The third kappa shape index (κ3) is 3.44. The molecule has 1 aliphatic heterocycles. The number of furan rings is 1. The highest BCUT2D eigenvalue weighted by atomic mass is 16.3. The van der Waals surface area contributed by atoms with Gasteiger partial charge in [-0.2, -0.15) is 5.10 Å². The molecule has 0 unspecified atom stereocenters. The predicted octanol–water partition coefficient (Wildman–Crippen LogP) is 1.99. The molecule has 3 rings (SSSR count). The summed E-state index contributed by atoms with van der Waals surface area (Å²) in [5.41, 5.74) is 2.74. The number of nitrogens with zero attached hydrogens (tertiary/aromatic N) is 2. The number of hydrazone groups is 1. The molecular weight excluding hydrogens is 336 g/mol. The number of urea groups is 1. The van der Waals surface area contributed by atoms with Crippen LogP contribution in [0.25, 0.3) is 11.0 Å². The fourth-order valence-electron chi connectivity index (χ4n) is 2.65. The molecule has 0 atom stereocenters. The Morgan fingerprint density at radius 1 is 1.31 bits per heavy atom. The Labute approximate surface area is 150 Å². The van der Waals surface area contributed by atoms with Gasteiger partial charge in [0.15, 0.2) is 5.76 Å². The lowest BCUT2D eigenvalue weighted by Gasteiger charge is -2.15. The summed E-state index contributed by atoms with van der Waals surface area (Å²) in [5.74, 6) is -0.189. The lowest BCUT2D eigenvalue weighted by atomic mass is 10.1. The van der Waals surface area contributed by atoms with Gasteiger partial charge in [0, 0.05) is 18.4 Å². The first-order valence-electron chi connectivity index (χ1n) is 8.24. The number of amides is 4. The van der Waals surface area contributed by atoms with Crippen molar-refractivity contribution < 1.29 is 18.8 Å². The van der Waals surface area contributed by atoms with Gasteiger partial charge in [0.25, 0.3) is 5.91 Å². The highest BCUT2D eigenvalue weighted by Gasteiger charge is 2.43. The second-order valence-corrected chi connectivity index (χ2v) is 6.64. The van der Waals surface area contributed by atoms with Gasteiger partial charge >= 0.3 is 6.03 Å². The Kier molecular flexibility index (Phi) is 4.50. The maximum atomic E-state index is 12.1. The van der Waals surface area contributed by atoms with Crippen molar-refractivity contribution in [2.75, 3.05) is 6.54 Å². The molecule has 0 spiro atoms. The first kappa shape index (κ1) is 17.7. The van der Waals surface area contributed by atoms with Gasteiger partial charge in [-0.3, -0.25) is 14.5 Å². The summed E-state index contributed by atoms with van der Waals surface area (Å²) in [7, 11) is 0. The summed E-state index contributed by atoms with van der Waals surface area (Å²) in [6.45, 7) is 4.96. The third-order valence-electron chi connectivity index (χ3n) is 4.14. The minimum atomic E-state index is -0.941. The van der Waals surface area contributed by atoms with E-state index in [1.807, 2.05) is 30.3 Å². The zero-order chi connectivity index (χ0) is 18.9. The molecule has 1 saturated heterocycles. The molecule has 26 heavy (non-hydrogen) atoms. The fraction of sp³-hybridized carbons (Fsp3) is 0.333. The van der Waals surface area contributed by atoms with Crippen LogP contribution in [0.15, 0.2) is 39.9 Å². The zero-order valence-corrected chi connectivity index (χ0v) is 14.8. The maximum Gasteiger partial charge on any atom is 0.325 e. The molecule has 0 saturated carbocycles. The van der Waals surface area contributed by atoms with Crippen molar-refractivity contribution in [2.45, 2.75) is 32.7 Å². The van der Waals surface area contributed by atoms with E-state index in [-0.39, 0.29) is 18.9 Å². The van der Waals surface area contributed by atoms with Crippen LogP contribution in [0.4, 0.5) is 4.79 Å². The minimum absolute atomic E-state index is 0.000858. The maximum absolute atomic E-state index is 12.1. The van der Waals surface area contributed by atoms with Gasteiger partial charge < -0.3 is 9.73 Å². The van der Waals surface area contributed by atoms with Gasteiger partial charge in [-0.05, 0) is 32.9 Å². The van der Waals surface area contributed by atoms with E-state index in [0.29, 0.717) is 11.5 Å². The SMILES string of the molecule is C/C(=N/NC(=O)CCN1C(=O)NC(C)(C)C1=O)c1cc2ccccc2o1. The van der Waals surface area contributed by atoms with Crippen LogP contribution < -0.4 is 10.7 Å². The summed E-state index contributed by atoms with van der Waals surface area (Å²) < 4.78 is 5.67. The monoisotopic (exact) mass is 356 g/mol. The third-order valence-corrected chi connectivity index (χ3v) is 4.14. The van der Waals surface area contributed by atoms with Gasteiger partial charge in [-0.1, -0.05) is 18.2 Å². The topological polar surface area (TPSA) is 104 Å². The van der Waals surface area contributed by atoms with Gasteiger partial charge in [0.1, 0.15) is 16.8 Å². The highest BCUT2D eigenvalue weighted by molar-refractivity contribution is 6.06. The number of imide groups is 1. The Morgan fingerprint density at radius 2 is 2.04 bits per heavy atom. The minimum Gasteiger partial charge on any atom is -0.455 e. The number of para-hydroxylation sites is 1.